The molecule has 23 heavy (non-hydrogen) atoms. The largest absolute Gasteiger partial charge is 0.436 e. The predicted octanol–water partition coefficient (Wildman–Crippen LogP) is 2.34. The minimum absolute atomic E-state index is 0.0378. The van der Waals surface area contributed by atoms with Gasteiger partial charge in [-0.25, -0.2) is 4.98 Å². The zero-order valence-electron chi connectivity index (χ0n) is 14.1. The van der Waals surface area contributed by atoms with Gasteiger partial charge in [-0.1, -0.05) is 12.8 Å². The van der Waals surface area contributed by atoms with Crippen molar-refractivity contribution in [2.24, 2.45) is 0 Å². The lowest BCUT2D eigenvalue weighted by Crippen LogP contribution is -2.57. The Bertz CT molecular complexity index is 619. The molecule has 2 amide bonds. The van der Waals surface area contributed by atoms with Gasteiger partial charge in [-0.2, -0.15) is 0 Å². The van der Waals surface area contributed by atoms with E-state index in [1.54, 1.807) is 18.7 Å². The van der Waals surface area contributed by atoms with Crippen molar-refractivity contribution < 1.29 is 14.0 Å². The number of hydrogen-bond donors (Lipinski definition) is 1. The average molecular weight is 319 g/mol. The lowest BCUT2D eigenvalue weighted by atomic mass is 9.96. The van der Waals surface area contributed by atoms with Crippen molar-refractivity contribution in [3.05, 3.63) is 17.3 Å². The van der Waals surface area contributed by atoms with Gasteiger partial charge in [-0.3, -0.25) is 9.59 Å². The fraction of sp³-hybridized carbons (Fsp3) is 0.706. The maximum absolute atomic E-state index is 12.9. The lowest BCUT2D eigenvalue weighted by Gasteiger charge is -2.34. The van der Waals surface area contributed by atoms with Gasteiger partial charge in [0.1, 0.15) is 5.54 Å². The van der Waals surface area contributed by atoms with Crippen molar-refractivity contribution in [3.8, 4) is 0 Å². The third kappa shape index (κ3) is 2.86. The maximum atomic E-state index is 12.9. The van der Waals surface area contributed by atoms with Gasteiger partial charge < -0.3 is 14.6 Å². The summed E-state index contributed by atoms with van der Waals surface area (Å²) in [5.74, 6) is 0.459. The monoisotopic (exact) mass is 319 g/mol. The third-order valence-electron chi connectivity index (χ3n) is 5.16. The Labute approximate surface area is 136 Å². The topological polar surface area (TPSA) is 75.4 Å². The van der Waals surface area contributed by atoms with Crippen LogP contribution in [0.25, 0.3) is 0 Å². The Hall–Kier alpha value is -1.85. The zero-order chi connectivity index (χ0) is 16.6. The Balaban J connectivity index is 1.79. The van der Waals surface area contributed by atoms with E-state index < -0.39 is 5.54 Å². The Morgan fingerprint density at radius 2 is 1.96 bits per heavy atom. The molecule has 0 aromatic carbocycles. The summed E-state index contributed by atoms with van der Waals surface area (Å²) in [5.41, 5.74) is -0.217. The molecule has 1 atom stereocenters. The van der Waals surface area contributed by atoms with Crippen LogP contribution in [0.15, 0.2) is 4.42 Å². The molecule has 6 nitrogen and oxygen atoms in total. The Morgan fingerprint density at radius 3 is 2.57 bits per heavy atom. The molecule has 0 unspecified atom stereocenters. The summed E-state index contributed by atoms with van der Waals surface area (Å²) >= 11 is 0. The molecular weight excluding hydrogens is 294 g/mol. The van der Waals surface area contributed by atoms with Crippen LogP contribution in [0.5, 0.6) is 0 Å². The van der Waals surface area contributed by atoms with Crippen molar-refractivity contribution >= 4 is 11.8 Å². The molecule has 1 saturated heterocycles. The number of nitrogens with one attached hydrogen (secondary N) is 1. The molecule has 3 rings (SSSR count). The summed E-state index contributed by atoms with van der Waals surface area (Å²) in [4.78, 5) is 31.5. The number of carbonyl (C=O) groups excluding carboxylic acids is 2. The predicted molar refractivity (Wildman–Crippen MR) is 85.1 cm³/mol. The molecule has 1 N–H and O–H groups in total. The third-order valence-corrected chi connectivity index (χ3v) is 5.16. The standard InChI is InChI=1S/C17H25N3O3/c1-11-14(23-12(2)18-11)15(21)20-10-6-9-17(20,3)16(22)19-13-7-4-5-8-13/h13H,4-10H2,1-3H3,(H,19,22)/t17-/m0/s1. The van der Waals surface area contributed by atoms with Crippen LogP contribution in [-0.4, -0.2) is 39.8 Å². The molecule has 6 heteroatoms. The SMILES string of the molecule is Cc1nc(C)c(C(=O)N2CCC[C@@]2(C)C(=O)NC2CCCC2)o1. The summed E-state index contributed by atoms with van der Waals surface area (Å²) in [6, 6.07) is 0.256. The highest BCUT2D eigenvalue weighted by Crippen LogP contribution is 2.32. The van der Waals surface area contributed by atoms with Gasteiger partial charge in [0.15, 0.2) is 5.89 Å². The normalized spacial score (nSPS) is 25.1. The summed E-state index contributed by atoms with van der Waals surface area (Å²) in [5, 5.41) is 3.14. The van der Waals surface area contributed by atoms with E-state index in [-0.39, 0.29) is 23.6 Å². The second kappa shape index (κ2) is 5.98. The van der Waals surface area contributed by atoms with E-state index in [2.05, 4.69) is 10.3 Å². The van der Waals surface area contributed by atoms with Gasteiger partial charge in [-0.15, -0.1) is 0 Å². The minimum atomic E-state index is -0.799. The smallest absolute Gasteiger partial charge is 0.292 e. The molecule has 1 saturated carbocycles. The molecule has 0 bridgehead atoms. The number of carbonyl (C=O) groups is 2. The van der Waals surface area contributed by atoms with Gasteiger partial charge in [-0.05, 0) is 39.5 Å². The Morgan fingerprint density at radius 1 is 1.26 bits per heavy atom. The van der Waals surface area contributed by atoms with E-state index in [9.17, 15) is 9.59 Å². The van der Waals surface area contributed by atoms with Gasteiger partial charge in [0, 0.05) is 19.5 Å². The molecule has 1 aromatic rings. The van der Waals surface area contributed by atoms with E-state index in [1.807, 2.05) is 6.92 Å². The summed E-state index contributed by atoms with van der Waals surface area (Å²) < 4.78 is 5.46. The first-order chi connectivity index (χ1) is 10.9. The van der Waals surface area contributed by atoms with Crippen molar-refractivity contribution in [1.82, 2.24) is 15.2 Å². The fourth-order valence-electron chi connectivity index (χ4n) is 3.79. The summed E-state index contributed by atoms with van der Waals surface area (Å²) in [7, 11) is 0. The van der Waals surface area contributed by atoms with E-state index in [0.29, 0.717) is 24.6 Å². The van der Waals surface area contributed by atoms with Crippen molar-refractivity contribution in [2.75, 3.05) is 6.54 Å². The van der Waals surface area contributed by atoms with Crippen molar-refractivity contribution in [1.29, 1.82) is 0 Å². The van der Waals surface area contributed by atoms with E-state index >= 15 is 0 Å². The van der Waals surface area contributed by atoms with Crippen LogP contribution in [0.2, 0.25) is 0 Å². The number of nitrogens with zero attached hydrogens (tertiary/aromatic N) is 2. The maximum Gasteiger partial charge on any atom is 0.292 e. The van der Waals surface area contributed by atoms with E-state index in [4.69, 9.17) is 4.42 Å². The second-order valence-corrected chi connectivity index (χ2v) is 6.94. The van der Waals surface area contributed by atoms with Crippen LogP contribution in [-0.2, 0) is 4.79 Å². The molecule has 0 radical (unpaired) electrons. The number of aryl methyl sites for hydroxylation is 2. The first kappa shape index (κ1) is 16.0. The number of aromatic nitrogens is 1. The second-order valence-electron chi connectivity index (χ2n) is 6.94. The highest BCUT2D eigenvalue weighted by atomic mass is 16.4. The number of likely N-dealkylation sites (tertiary alicyclic amines) is 1. The van der Waals surface area contributed by atoms with Crippen LogP contribution in [0, 0.1) is 13.8 Å². The van der Waals surface area contributed by atoms with Crippen molar-refractivity contribution in [2.45, 2.75) is 70.9 Å². The van der Waals surface area contributed by atoms with Crippen molar-refractivity contribution in [3.63, 3.8) is 0 Å². The zero-order valence-corrected chi connectivity index (χ0v) is 14.1. The van der Waals surface area contributed by atoms with Gasteiger partial charge in [0.2, 0.25) is 11.7 Å². The van der Waals surface area contributed by atoms with E-state index in [0.717, 1.165) is 19.3 Å². The molecular formula is C17H25N3O3. The summed E-state index contributed by atoms with van der Waals surface area (Å²) in [6.07, 6.45) is 5.92. The van der Waals surface area contributed by atoms with Crippen LogP contribution in [0.1, 0.15) is 67.6 Å². The molecule has 2 heterocycles. The first-order valence-electron chi connectivity index (χ1n) is 8.49. The molecule has 126 valence electrons. The van der Waals surface area contributed by atoms with Gasteiger partial charge >= 0.3 is 0 Å². The average Bonchev–Trinajstić information content (AvgIpc) is 3.20. The molecule has 1 aromatic heterocycles. The number of rotatable bonds is 3. The molecule has 1 aliphatic carbocycles. The fourth-order valence-corrected chi connectivity index (χ4v) is 3.79. The van der Waals surface area contributed by atoms with Gasteiger partial charge in [0.25, 0.3) is 5.91 Å². The molecule has 2 aliphatic rings. The van der Waals surface area contributed by atoms with Crippen LogP contribution >= 0.6 is 0 Å². The van der Waals surface area contributed by atoms with E-state index in [1.165, 1.54) is 12.8 Å². The number of amides is 2. The quantitative estimate of drug-likeness (QED) is 0.928. The highest BCUT2D eigenvalue weighted by Gasteiger charge is 2.47. The summed E-state index contributed by atoms with van der Waals surface area (Å²) in [6.45, 7) is 5.92. The lowest BCUT2D eigenvalue weighted by molar-refractivity contribution is -0.130. The molecule has 2 fully saturated rings. The first-order valence-corrected chi connectivity index (χ1v) is 8.49. The minimum Gasteiger partial charge on any atom is -0.436 e. The molecule has 1 aliphatic heterocycles. The van der Waals surface area contributed by atoms with Gasteiger partial charge in [0.05, 0.1) is 5.69 Å². The van der Waals surface area contributed by atoms with Crippen LogP contribution in [0.4, 0.5) is 0 Å². The Kier molecular flexibility index (Phi) is 4.17. The van der Waals surface area contributed by atoms with Crippen LogP contribution in [0.3, 0.4) is 0 Å². The van der Waals surface area contributed by atoms with Crippen LogP contribution < -0.4 is 5.32 Å². The molecule has 0 spiro atoms. The number of hydrogen-bond acceptors (Lipinski definition) is 4. The number of oxazole rings is 1. The highest BCUT2D eigenvalue weighted by molar-refractivity contribution is 5.98.